The summed E-state index contributed by atoms with van der Waals surface area (Å²) in [5.41, 5.74) is 6.88. The third-order valence-corrected chi connectivity index (χ3v) is 3.57. The number of rotatable bonds is 3. The van der Waals surface area contributed by atoms with Crippen LogP contribution in [0, 0.1) is 6.92 Å². The van der Waals surface area contributed by atoms with Crippen LogP contribution in [0.5, 0.6) is 5.75 Å². The molecule has 0 aromatic heterocycles. The highest BCUT2D eigenvalue weighted by Gasteiger charge is 2.20. The summed E-state index contributed by atoms with van der Waals surface area (Å²) in [5.74, 6) is 0.910. The lowest BCUT2D eigenvalue weighted by atomic mass is 9.96. The molecule has 96 valence electrons. The molecule has 0 saturated heterocycles. The predicted octanol–water partition coefficient (Wildman–Crippen LogP) is 4.60. The molecule has 3 rings (SSSR count). The molecule has 0 aliphatic heterocycles. The second kappa shape index (κ2) is 4.93. The van der Waals surface area contributed by atoms with Crippen molar-refractivity contribution in [1.82, 2.24) is 0 Å². The molecule has 1 saturated carbocycles. The number of methoxy groups -OCH3 is 1. The van der Waals surface area contributed by atoms with E-state index in [-0.39, 0.29) is 0 Å². The smallest absolute Gasteiger partial charge is 0.118 e. The summed E-state index contributed by atoms with van der Waals surface area (Å²) in [6, 6.07) is 17.2. The zero-order valence-corrected chi connectivity index (χ0v) is 11.4. The maximum absolute atomic E-state index is 5.23. The normalized spacial score (nSPS) is 13.3. The minimum atomic E-state index is 0.910. The minimum absolute atomic E-state index is 0.910. The summed E-state index contributed by atoms with van der Waals surface area (Å²) >= 11 is 0. The van der Waals surface area contributed by atoms with Crippen LogP contribution in [0.1, 0.15) is 29.5 Å². The van der Waals surface area contributed by atoms with Crippen molar-refractivity contribution in [2.24, 2.45) is 0 Å². The summed E-state index contributed by atoms with van der Waals surface area (Å²) in [5, 5.41) is 0. The van der Waals surface area contributed by atoms with Crippen LogP contribution < -0.4 is 4.74 Å². The molecule has 2 aromatic rings. The fourth-order valence-corrected chi connectivity index (χ4v) is 2.37. The minimum Gasteiger partial charge on any atom is -0.497 e. The second-order valence-corrected chi connectivity index (χ2v) is 5.07. The molecule has 1 aliphatic carbocycles. The van der Waals surface area contributed by atoms with Gasteiger partial charge in [-0.05, 0) is 48.6 Å². The van der Waals surface area contributed by atoms with E-state index in [4.69, 9.17) is 4.74 Å². The van der Waals surface area contributed by atoms with Gasteiger partial charge < -0.3 is 4.74 Å². The molecule has 0 unspecified atom stereocenters. The molecular formula is C18H18O. The van der Waals surface area contributed by atoms with Crippen molar-refractivity contribution in [3.8, 4) is 5.75 Å². The summed E-state index contributed by atoms with van der Waals surface area (Å²) in [4.78, 5) is 0. The van der Waals surface area contributed by atoms with Gasteiger partial charge in [0.2, 0.25) is 0 Å². The Hall–Kier alpha value is -2.02. The first-order valence-corrected chi connectivity index (χ1v) is 6.71. The Bertz CT molecular complexity index is 597. The Morgan fingerprint density at radius 3 is 1.84 bits per heavy atom. The summed E-state index contributed by atoms with van der Waals surface area (Å²) in [6.07, 6.45) is 2.46. The fourth-order valence-electron chi connectivity index (χ4n) is 2.37. The van der Waals surface area contributed by atoms with Crippen LogP contribution in [-0.4, -0.2) is 7.11 Å². The van der Waals surface area contributed by atoms with Gasteiger partial charge in [0.15, 0.2) is 0 Å². The van der Waals surface area contributed by atoms with E-state index >= 15 is 0 Å². The van der Waals surface area contributed by atoms with E-state index in [0.29, 0.717) is 0 Å². The van der Waals surface area contributed by atoms with E-state index in [2.05, 4.69) is 43.3 Å². The van der Waals surface area contributed by atoms with Crippen LogP contribution >= 0.6 is 0 Å². The monoisotopic (exact) mass is 250 g/mol. The Balaban J connectivity index is 2.02. The van der Waals surface area contributed by atoms with Crippen LogP contribution in [-0.2, 0) is 0 Å². The van der Waals surface area contributed by atoms with Crippen LogP contribution in [0.15, 0.2) is 54.1 Å². The van der Waals surface area contributed by atoms with Crippen molar-refractivity contribution in [3.63, 3.8) is 0 Å². The third-order valence-electron chi connectivity index (χ3n) is 3.57. The first-order chi connectivity index (χ1) is 9.28. The van der Waals surface area contributed by atoms with Crippen molar-refractivity contribution < 1.29 is 4.74 Å². The van der Waals surface area contributed by atoms with E-state index in [1.54, 1.807) is 12.7 Å². The number of hydrogen-bond acceptors (Lipinski definition) is 1. The van der Waals surface area contributed by atoms with E-state index < -0.39 is 0 Å². The molecule has 0 N–H and O–H groups in total. The van der Waals surface area contributed by atoms with Gasteiger partial charge in [0.05, 0.1) is 7.11 Å². The number of allylic oxidation sites excluding steroid dienone is 1. The van der Waals surface area contributed by atoms with Gasteiger partial charge in [-0.15, -0.1) is 0 Å². The second-order valence-electron chi connectivity index (χ2n) is 5.07. The molecule has 1 fully saturated rings. The van der Waals surface area contributed by atoms with Crippen molar-refractivity contribution in [2.75, 3.05) is 7.11 Å². The molecular weight excluding hydrogens is 232 g/mol. The highest BCUT2D eigenvalue weighted by molar-refractivity contribution is 5.84. The third kappa shape index (κ3) is 2.55. The summed E-state index contributed by atoms with van der Waals surface area (Å²) in [7, 11) is 1.70. The van der Waals surface area contributed by atoms with Gasteiger partial charge in [0, 0.05) is 0 Å². The van der Waals surface area contributed by atoms with Crippen molar-refractivity contribution in [1.29, 1.82) is 0 Å². The average Bonchev–Trinajstić information content (AvgIpc) is 3.27. The molecule has 0 spiro atoms. The molecule has 0 bridgehead atoms. The highest BCUT2D eigenvalue weighted by atomic mass is 16.5. The SMILES string of the molecule is COc1ccc(C(=C2CC2)c2ccc(C)cc2)cc1. The van der Waals surface area contributed by atoms with E-state index in [1.165, 1.54) is 35.1 Å². The van der Waals surface area contributed by atoms with Crippen LogP contribution in [0.4, 0.5) is 0 Å². The number of hydrogen-bond donors (Lipinski definition) is 0. The standard InChI is InChI=1S/C18H18O/c1-13-3-5-14(6-4-13)18(15-7-8-15)16-9-11-17(19-2)12-10-16/h3-6,9-12H,7-8H2,1-2H3. The maximum atomic E-state index is 5.23. The van der Waals surface area contributed by atoms with E-state index in [9.17, 15) is 0 Å². The lowest BCUT2D eigenvalue weighted by molar-refractivity contribution is 0.415. The first-order valence-electron chi connectivity index (χ1n) is 6.71. The Morgan fingerprint density at radius 1 is 0.842 bits per heavy atom. The molecule has 2 aromatic carbocycles. The predicted molar refractivity (Wildman–Crippen MR) is 79.4 cm³/mol. The molecule has 1 aliphatic rings. The number of aryl methyl sites for hydroxylation is 1. The van der Waals surface area contributed by atoms with Gasteiger partial charge >= 0.3 is 0 Å². The summed E-state index contributed by atoms with van der Waals surface area (Å²) < 4.78 is 5.23. The van der Waals surface area contributed by atoms with Crippen molar-refractivity contribution in [3.05, 3.63) is 70.8 Å². The quantitative estimate of drug-likeness (QED) is 0.773. The highest BCUT2D eigenvalue weighted by Crippen LogP contribution is 2.40. The maximum Gasteiger partial charge on any atom is 0.118 e. The van der Waals surface area contributed by atoms with Crippen LogP contribution in [0.2, 0.25) is 0 Å². The Labute approximate surface area is 114 Å². The fraction of sp³-hybridized carbons (Fsp3) is 0.222. The van der Waals surface area contributed by atoms with Crippen LogP contribution in [0.3, 0.4) is 0 Å². The van der Waals surface area contributed by atoms with Gasteiger partial charge in [-0.1, -0.05) is 47.5 Å². The number of ether oxygens (including phenoxy) is 1. The number of benzene rings is 2. The average molecular weight is 250 g/mol. The van der Waals surface area contributed by atoms with E-state index in [0.717, 1.165) is 5.75 Å². The van der Waals surface area contributed by atoms with Gasteiger partial charge in [-0.2, -0.15) is 0 Å². The van der Waals surface area contributed by atoms with Gasteiger partial charge in [-0.3, -0.25) is 0 Å². The van der Waals surface area contributed by atoms with Crippen molar-refractivity contribution in [2.45, 2.75) is 19.8 Å². The summed E-state index contributed by atoms with van der Waals surface area (Å²) in [6.45, 7) is 2.13. The Morgan fingerprint density at radius 2 is 1.37 bits per heavy atom. The molecule has 19 heavy (non-hydrogen) atoms. The van der Waals surface area contributed by atoms with Crippen molar-refractivity contribution >= 4 is 5.57 Å². The largest absolute Gasteiger partial charge is 0.497 e. The zero-order valence-electron chi connectivity index (χ0n) is 11.4. The first kappa shape index (κ1) is 12.0. The van der Waals surface area contributed by atoms with Gasteiger partial charge in [-0.25, -0.2) is 0 Å². The van der Waals surface area contributed by atoms with Gasteiger partial charge in [0.1, 0.15) is 5.75 Å². The van der Waals surface area contributed by atoms with E-state index in [1.807, 2.05) is 12.1 Å². The Kier molecular flexibility index (Phi) is 3.12. The molecule has 1 heteroatoms. The molecule has 1 nitrogen and oxygen atoms in total. The molecule has 0 radical (unpaired) electrons. The topological polar surface area (TPSA) is 9.23 Å². The zero-order chi connectivity index (χ0) is 13.2. The molecule has 0 heterocycles. The lowest BCUT2D eigenvalue weighted by Gasteiger charge is -2.09. The molecule has 0 atom stereocenters. The molecule has 0 amide bonds. The van der Waals surface area contributed by atoms with Crippen LogP contribution in [0.25, 0.3) is 5.57 Å². The van der Waals surface area contributed by atoms with Gasteiger partial charge in [0.25, 0.3) is 0 Å². The lowest BCUT2D eigenvalue weighted by Crippen LogP contribution is -1.89.